The molecule has 1 aromatic carbocycles. The third-order valence-electron chi connectivity index (χ3n) is 2.89. The van der Waals surface area contributed by atoms with Crippen LogP contribution in [-0.4, -0.2) is 39.4 Å². The molecule has 0 fully saturated rings. The SMILES string of the molecule is CCNCCCN(C)S(=O)(=O)Nc1ccc(F)c(C)c1. The number of nitrogens with one attached hydrogen (secondary N) is 2. The predicted molar refractivity (Wildman–Crippen MR) is 79.5 cm³/mol. The largest absolute Gasteiger partial charge is 0.317 e. The number of anilines is 1. The zero-order valence-corrected chi connectivity index (χ0v) is 12.9. The molecule has 0 bridgehead atoms. The van der Waals surface area contributed by atoms with E-state index in [-0.39, 0.29) is 5.82 Å². The van der Waals surface area contributed by atoms with Crippen LogP contribution in [0.4, 0.5) is 10.1 Å². The van der Waals surface area contributed by atoms with Gasteiger partial charge in [-0.1, -0.05) is 6.92 Å². The van der Waals surface area contributed by atoms with E-state index in [9.17, 15) is 12.8 Å². The molecule has 0 aliphatic heterocycles. The second-order valence-electron chi connectivity index (χ2n) is 4.60. The van der Waals surface area contributed by atoms with Crippen LogP contribution in [0.25, 0.3) is 0 Å². The van der Waals surface area contributed by atoms with Crippen molar-refractivity contribution < 1.29 is 12.8 Å². The smallest absolute Gasteiger partial charge is 0.301 e. The average Bonchev–Trinajstić information content (AvgIpc) is 2.38. The van der Waals surface area contributed by atoms with Crippen LogP contribution in [0.15, 0.2) is 18.2 Å². The standard InChI is InChI=1S/C13H22FN3O2S/c1-4-15-8-5-9-17(3)20(18,19)16-12-6-7-13(14)11(2)10-12/h6-7,10,15-16H,4-5,8-9H2,1-3H3. The molecular weight excluding hydrogens is 281 g/mol. The first-order chi connectivity index (χ1) is 9.36. The van der Waals surface area contributed by atoms with Gasteiger partial charge in [-0.25, -0.2) is 4.39 Å². The second kappa shape index (κ2) is 7.56. The Bertz CT molecular complexity index is 534. The Hall–Kier alpha value is -1.18. The lowest BCUT2D eigenvalue weighted by atomic mass is 10.2. The highest BCUT2D eigenvalue weighted by molar-refractivity contribution is 7.90. The zero-order valence-electron chi connectivity index (χ0n) is 12.1. The number of halogens is 1. The van der Waals surface area contributed by atoms with E-state index in [1.165, 1.54) is 29.6 Å². The summed E-state index contributed by atoms with van der Waals surface area (Å²) in [6.45, 7) is 5.64. The van der Waals surface area contributed by atoms with Crippen molar-refractivity contribution >= 4 is 15.9 Å². The van der Waals surface area contributed by atoms with Gasteiger partial charge in [0.2, 0.25) is 0 Å². The molecule has 0 saturated heterocycles. The molecule has 0 aromatic heterocycles. The number of benzene rings is 1. The van der Waals surface area contributed by atoms with E-state index >= 15 is 0 Å². The first-order valence-corrected chi connectivity index (χ1v) is 8.01. The fraction of sp³-hybridized carbons (Fsp3) is 0.538. The van der Waals surface area contributed by atoms with Crippen LogP contribution >= 0.6 is 0 Å². The summed E-state index contributed by atoms with van der Waals surface area (Å²) >= 11 is 0. The predicted octanol–water partition coefficient (Wildman–Crippen LogP) is 1.72. The minimum Gasteiger partial charge on any atom is -0.317 e. The number of aryl methyl sites for hydroxylation is 1. The summed E-state index contributed by atoms with van der Waals surface area (Å²) in [4.78, 5) is 0. The molecule has 0 unspecified atom stereocenters. The molecule has 1 rings (SSSR count). The maximum absolute atomic E-state index is 13.1. The Kier molecular flexibility index (Phi) is 6.38. The van der Waals surface area contributed by atoms with Crippen molar-refractivity contribution in [3.63, 3.8) is 0 Å². The lowest BCUT2D eigenvalue weighted by molar-refractivity contribution is 0.459. The highest BCUT2D eigenvalue weighted by Crippen LogP contribution is 2.15. The second-order valence-corrected chi connectivity index (χ2v) is 6.38. The van der Waals surface area contributed by atoms with E-state index in [1.807, 2.05) is 6.92 Å². The normalized spacial score (nSPS) is 11.8. The summed E-state index contributed by atoms with van der Waals surface area (Å²) in [7, 11) is -2.08. The van der Waals surface area contributed by atoms with Gasteiger partial charge < -0.3 is 5.32 Å². The van der Waals surface area contributed by atoms with Gasteiger partial charge >= 0.3 is 10.2 Å². The van der Waals surface area contributed by atoms with Crippen LogP contribution in [0, 0.1) is 12.7 Å². The number of nitrogens with zero attached hydrogens (tertiary/aromatic N) is 1. The molecular formula is C13H22FN3O2S. The lowest BCUT2D eigenvalue weighted by Crippen LogP contribution is -2.34. The highest BCUT2D eigenvalue weighted by atomic mass is 32.2. The first-order valence-electron chi connectivity index (χ1n) is 6.57. The summed E-state index contributed by atoms with van der Waals surface area (Å²) < 4.78 is 40.9. The quantitative estimate of drug-likeness (QED) is 0.719. The molecule has 5 nitrogen and oxygen atoms in total. The maximum Gasteiger partial charge on any atom is 0.301 e. The Morgan fingerprint density at radius 2 is 2.05 bits per heavy atom. The van der Waals surface area contributed by atoms with E-state index < -0.39 is 10.2 Å². The molecule has 0 heterocycles. The van der Waals surface area contributed by atoms with Gasteiger partial charge in [0.05, 0.1) is 5.69 Å². The van der Waals surface area contributed by atoms with Gasteiger partial charge in [-0.05, 0) is 50.2 Å². The molecule has 0 radical (unpaired) electrons. The van der Waals surface area contributed by atoms with Gasteiger partial charge in [-0.15, -0.1) is 0 Å². The maximum atomic E-state index is 13.1. The molecule has 0 amide bonds. The minimum atomic E-state index is -3.60. The van der Waals surface area contributed by atoms with Crippen molar-refractivity contribution in [2.24, 2.45) is 0 Å². The molecule has 1 aromatic rings. The van der Waals surface area contributed by atoms with Crippen LogP contribution in [-0.2, 0) is 10.2 Å². The van der Waals surface area contributed by atoms with Crippen LogP contribution in [0.2, 0.25) is 0 Å². The van der Waals surface area contributed by atoms with Crippen LogP contribution < -0.4 is 10.0 Å². The molecule has 7 heteroatoms. The first kappa shape index (κ1) is 16.9. The zero-order chi connectivity index (χ0) is 15.2. The number of rotatable bonds is 8. The van der Waals surface area contributed by atoms with Crippen molar-refractivity contribution in [1.29, 1.82) is 0 Å². The molecule has 0 spiro atoms. The van der Waals surface area contributed by atoms with Gasteiger partial charge in [-0.2, -0.15) is 12.7 Å². The molecule has 20 heavy (non-hydrogen) atoms. The van der Waals surface area contributed by atoms with Gasteiger partial charge in [0.25, 0.3) is 0 Å². The van der Waals surface area contributed by atoms with Crippen LogP contribution in [0.1, 0.15) is 18.9 Å². The van der Waals surface area contributed by atoms with E-state index in [0.717, 1.165) is 19.5 Å². The third kappa shape index (κ3) is 5.07. The fourth-order valence-corrected chi connectivity index (χ4v) is 2.61. The summed E-state index contributed by atoms with van der Waals surface area (Å²) in [5.41, 5.74) is 0.766. The van der Waals surface area contributed by atoms with Crippen molar-refractivity contribution in [2.75, 3.05) is 31.4 Å². The minimum absolute atomic E-state index is 0.355. The Labute approximate surface area is 120 Å². The molecule has 0 aliphatic carbocycles. The van der Waals surface area contributed by atoms with Crippen LogP contribution in [0.5, 0.6) is 0 Å². The number of hydrogen-bond acceptors (Lipinski definition) is 3. The van der Waals surface area contributed by atoms with E-state index in [2.05, 4.69) is 10.0 Å². The lowest BCUT2D eigenvalue weighted by Gasteiger charge is -2.18. The van der Waals surface area contributed by atoms with Gasteiger partial charge in [0, 0.05) is 13.6 Å². The molecule has 2 N–H and O–H groups in total. The molecule has 0 saturated carbocycles. The summed E-state index contributed by atoms with van der Waals surface area (Å²) in [6, 6.07) is 4.13. The Morgan fingerprint density at radius 1 is 1.35 bits per heavy atom. The molecule has 114 valence electrons. The van der Waals surface area contributed by atoms with E-state index in [4.69, 9.17) is 0 Å². The van der Waals surface area contributed by atoms with Gasteiger partial charge in [-0.3, -0.25) is 4.72 Å². The molecule has 0 aliphatic rings. The summed E-state index contributed by atoms with van der Waals surface area (Å²) in [5.74, 6) is -0.355. The molecule has 0 atom stereocenters. The van der Waals surface area contributed by atoms with Gasteiger partial charge in [0.1, 0.15) is 5.82 Å². The summed E-state index contributed by atoms with van der Waals surface area (Å²) in [5, 5.41) is 3.13. The summed E-state index contributed by atoms with van der Waals surface area (Å²) in [6.07, 6.45) is 0.730. The average molecular weight is 303 g/mol. The number of hydrogen-bond donors (Lipinski definition) is 2. The Morgan fingerprint density at radius 3 is 2.65 bits per heavy atom. The van der Waals surface area contributed by atoms with E-state index in [1.54, 1.807) is 6.92 Å². The van der Waals surface area contributed by atoms with Gasteiger partial charge in [0.15, 0.2) is 0 Å². The van der Waals surface area contributed by atoms with Crippen molar-refractivity contribution in [3.8, 4) is 0 Å². The highest BCUT2D eigenvalue weighted by Gasteiger charge is 2.17. The topological polar surface area (TPSA) is 61.4 Å². The fourth-order valence-electron chi connectivity index (χ4n) is 1.66. The monoisotopic (exact) mass is 303 g/mol. The van der Waals surface area contributed by atoms with Crippen LogP contribution in [0.3, 0.4) is 0 Å². The van der Waals surface area contributed by atoms with Crippen molar-refractivity contribution in [1.82, 2.24) is 9.62 Å². The van der Waals surface area contributed by atoms with Crippen molar-refractivity contribution in [2.45, 2.75) is 20.3 Å². The van der Waals surface area contributed by atoms with Crippen molar-refractivity contribution in [3.05, 3.63) is 29.6 Å². The third-order valence-corrected chi connectivity index (χ3v) is 4.39. The Balaban J connectivity index is 2.61. The van der Waals surface area contributed by atoms with E-state index in [0.29, 0.717) is 17.8 Å².